The molecular weight excluding hydrogens is 611 g/mol. The second-order valence-electron chi connectivity index (χ2n) is 11.9. The van der Waals surface area contributed by atoms with Gasteiger partial charge in [0.1, 0.15) is 23.1 Å². The number of amides is 1. The van der Waals surface area contributed by atoms with E-state index in [0.29, 0.717) is 25.4 Å². The molecule has 6 rings (SSSR count). The van der Waals surface area contributed by atoms with Gasteiger partial charge in [-0.3, -0.25) is 9.69 Å². The number of carbonyl (C=O) groups excluding carboxylic acids is 1. The van der Waals surface area contributed by atoms with Crippen molar-refractivity contribution in [2.45, 2.75) is 38.5 Å². The van der Waals surface area contributed by atoms with Crippen LogP contribution in [0.5, 0.6) is 5.75 Å². The predicted molar refractivity (Wildman–Crippen MR) is 195 cm³/mol. The summed E-state index contributed by atoms with van der Waals surface area (Å²) in [4.78, 5) is 20.1. The molecule has 48 heavy (non-hydrogen) atoms. The summed E-state index contributed by atoms with van der Waals surface area (Å²) in [5.41, 5.74) is 6.65. The fraction of sp³-hybridized carbons (Fsp3) is 0.190. The standard InChI is InChI=1S/C42H41N3O2S/c46-42(43-27-25-33-13-5-1-6-14-33)40-32-48-41(44-40)30-45(28-26-39(36-17-9-3-10-18-36)37-19-11-4-12-20-37)29-34-21-23-38(24-22-34)47-31-35-15-7-2-8-16-35/h1-24,32,39H,25-31H2,(H,43,46). The van der Waals surface area contributed by atoms with Gasteiger partial charge in [-0.05, 0) is 59.3 Å². The highest BCUT2D eigenvalue weighted by molar-refractivity contribution is 7.09. The quantitative estimate of drug-likeness (QED) is 0.114. The Hall–Kier alpha value is -5.04. The molecule has 0 saturated heterocycles. The lowest BCUT2D eigenvalue weighted by Crippen LogP contribution is -2.27. The number of rotatable bonds is 16. The maximum absolute atomic E-state index is 12.9. The van der Waals surface area contributed by atoms with Gasteiger partial charge in [-0.1, -0.05) is 133 Å². The molecule has 1 amide bonds. The molecule has 5 aromatic carbocycles. The molecule has 0 radical (unpaired) electrons. The maximum Gasteiger partial charge on any atom is 0.270 e. The normalized spacial score (nSPS) is 11.1. The number of thiazole rings is 1. The summed E-state index contributed by atoms with van der Waals surface area (Å²) in [5.74, 6) is 0.996. The Kier molecular flexibility index (Phi) is 11.8. The maximum atomic E-state index is 12.9. The summed E-state index contributed by atoms with van der Waals surface area (Å²) in [6, 6.07) is 50.3. The third-order valence-electron chi connectivity index (χ3n) is 8.40. The van der Waals surface area contributed by atoms with Gasteiger partial charge in [0.05, 0.1) is 6.54 Å². The van der Waals surface area contributed by atoms with E-state index < -0.39 is 0 Å². The molecule has 242 valence electrons. The van der Waals surface area contributed by atoms with Crippen molar-refractivity contribution in [3.63, 3.8) is 0 Å². The number of hydrogen-bond donors (Lipinski definition) is 1. The smallest absolute Gasteiger partial charge is 0.270 e. The summed E-state index contributed by atoms with van der Waals surface area (Å²) < 4.78 is 6.04. The fourth-order valence-corrected chi connectivity index (χ4v) is 6.66. The lowest BCUT2D eigenvalue weighted by molar-refractivity contribution is 0.0949. The van der Waals surface area contributed by atoms with E-state index in [1.54, 1.807) is 11.3 Å². The number of hydrogen-bond acceptors (Lipinski definition) is 5. The average Bonchev–Trinajstić information content (AvgIpc) is 3.62. The topological polar surface area (TPSA) is 54.5 Å². The van der Waals surface area contributed by atoms with Crippen molar-refractivity contribution in [2.24, 2.45) is 0 Å². The number of carbonyl (C=O) groups is 1. The van der Waals surface area contributed by atoms with Gasteiger partial charge >= 0.3 is 0 Å². The first kappa shape index (κ1) is 32.9. The first-order valence-corrected chi connectivity index (χ1v) is 17.4. The van der Waals surface area contributed by atoms with Gasteiger partial charge in [-0.2, -0.15) is 0 Å². The minimum absolute atomic E-state index is 0.126. The molecule has 0 fully saturated rings. The second-order valence-corrected chi connectivity index (χ2v) is 12.9. The van der Waals surface area contributed by atoms with E-state index >= 15 is 0 Å². The van der Waals surface area contributed by atoms with Gasteiger partial charge in [-0.15, -0.1) is 11.3 Å². The molecular formula is C42H41N3O2S. The van der Waals surface area contributed by atoms with Crippen LogP contribution in [0.1, 0.15) is 55.7 Å². The molecule has 0 unspecified atom stereocenters. The lowest BCUT2D eigenvalue weighted by Gasteiger charge is -2.25. The van der Waals surface area contributed by atoms with Crippen LogP contribution in [0, 0.1) is 0 Å². The molecule has 0 spiro atoms. The first-order chi connectivity index (χ1) is 23.7. The Bertz CT molecular complexity index is 1770. The molecule has 5 nitrogen and oxygen atoms in total. The van der Waals surface area contributed by atoms with Crippen molar-refractivity contribution in [3.8, 4) is 5.75 Å². The number of ether oxygens (including phenoxy) is 1. The minimum Gasteiger partial charge on any atom is -0.489 e. The Labute approximate surface area is 287 Å². The van der Waals surface area contributed by atoms with Gasteiger partial charge in [0.15, 0.2) is 0 Å². The largest absolute Gasteiger partial charge is 0.489 e. The van der Waals surface area contributed by atoms with Crippen LogP contribution in [-0.4, -0.2) is 28.9 Å². The van der Waals surface area contributed by atoms with Crippen LogP contribution in [0.4, 0.5) is 0 Å². The summed E-state index contributed by atoms with van der Waals surface area (Å²) in [5, 5.41) is 5.84. The summed E-state index contributed by atoms with van der Waals surface area (Å²) in [7, 11) is 0. The zero-order chi connectivity index (χ0) is 32.8. The van der Waals surface area contributed by atoms with E-state index in [0.717, 1.165) is 42.3 Å². The van der Waals surface area contributed by atoms with E-state index in [1.165, 1.54) is 22.3 Å². The van der Waals surface area contributed by atoms with Gasteiger partial charge in [0.2, 0.25) is 0 Å². The molecule has 1 heterocycles. The van der Waals surface area contributed by atoms with E-state index in [1.807, 2.05) is 41.8 Å². The Morgan fingerprint density at radius 2 is 1.27 bits per heavy atom. The number of nitrogens with zero attached hydrogens (tertiary/aromatic N) is 2. The van der Waals surface area contributed by atoms with Crippen molar-refractivity contribution in [1.82, 2.24) is 15.2 Å². The molecule has 0 saturated carbocycles. The fourth-order valence-electron chi connectivity index (χ4n) is 5.85. The minimum atomic E-state index is -0.126. The lowest BCUT2D eigenvalue weighted by atomic mass is 9.88. The van der Waals surface area contributed by atoms with E-state index in [2.05, 4.69) is 119 Å². The van der Waals surface area contributed by atoms with Crippen LogP contribution >= 0.6 is 11.3 Å². The van der Waals surface area contributed by atoms with Gasteiger partial charge in [0.25, 0.3) is 5.91 Å². The van der Waals surface area contributed by atoms with Crippen molar-refractivity contribution < 1.29 is 9.53 Å². The molecule has 6 heteroatoms. The summed E-state index contributed by atoms with van der Waals surface area (Å²) in [6.45, 7) is 3.39. The van der Waals surface area contributed by atoms with Crippen LogP contribution in [0.15, 0.2) is 151 Å². The van der Waals surface area contributed by atoms with E-state index in [4.69, 9.17) is 9.72 Å². The van der Waals surface area contributed by atoms with Gasteiger partial charge in [0, 0.05) is 24.4 Å². The van der Waals surface area contributed by atoms with Crippen LogP contribution < -0.4 is 10.1 Å². The molecule has 1 aromatic heterocycles. The van der Waals surface area contributed by atoms with Crippen LogP contribution in [0.2, 0.25) is 0 Å². The zero-order valence-electron chi connectivity index (χ0n) is 27.1. The highest BCUT2D eigenvalue weighted by Gasteiger charge is 2.18. The van der Waals surface area contributed by atoms with Crippen LogP contribution in [-0.2, 0) is 26.1 Å². The summed E-state index contributed by atoms with van der Waals surface area (Å²) in [6.07, 6.45) is 1.74. The number of aromatic nitrogens is 1. The molecule has 0 aliphatic carbocycles. The monoisotopic (exact) mass is 651 g/mol. The Morgan fingerprint density at radius 3 is 1.90 bits per heavy atom. The Balaban J connectivity index is 1.14. The average molecular weight is 652 g/mol. The van der Waals surface area contributed by atoms with E-state index in [9.17, 15) is 4.79 Å². The van der Waals surface area contributed by atoms with Crippen molar-refractivity contribution >= 4 is 17.2 Å². The first-order valence-electron chi connectivity index (χ1n) is 16.5. The molecule has 1 N–H and O–H groups in total. The number of benzene rings is 5. The second kappa shape index (κ2) is 17.2. The molecule has 0 aliphatic heterocycles. The predicted octanol–water partition coefficient (Wildman–Crippen LogP) is 8.92. The van der Waals surface area contributed by atoms with Crippen LogP contribution in [0.3, 0.4) is 0 Å². The molecule has 0 atom stereocenters. The highest BCUT2D eigenvalue weighted by atomic mass is 32.1. The molecule has 0 bridgehead atoms. The molecule has 6 aromatic rings. The highest BCUT2D eigenvalue weighted by Crippen LogP contribution is 2.29. The third-order valence-corrected chi connectivity index (χ3v) is 9.23. The molecule has 0 aliphatic rings. The van der Waals surface area contributed by atoms with Crippen molar-refractivity contribution in [1.29, 1.82) is 0 Å². The zero-order valence-corrected chi connectivity index (χ0v) is 27.9. The van der Waals surface area contributed by atoms with E-state index in [-0.39, 0.29) is 11.8 Å². The van der Waals surface area contributed by atoms with Crippen LogP contribution in [0.25, 0.3) is 0 Å². The third kappa shape index (κ3) is 9.74. The SMILES string of the molecule is O=C(NCCc1ccccc1)c1csc(CN(CCC(c2ccccc2)c2ccccc2)Cc2ccc(OCc3ccccc3)cc2)n1. The van der Waals surface area contributed by atoms with Gasteiger partial charge in [-0.25, -0.2) is 4.98 Å². The number of nitrogens with one attached hydrogen (secondary N) is 1. The van der Waals surface area contributed by atoms with Gasteiger partial charge < -0.3 is 10.1 Å². The van der Waals surface area contributed by atoms with Crippen molar-refractivity contribution in [2.75, 3.05) is 13.1 Å². The van der Waals surface area contributed by atoms with Crippen molar-refractivity contribution in [3.05, 3.63) is 189 Å². The summed E-state index contributed by atoms with van der Waals surface area (Å²) >= 11 is 1.55. The Morgan fingerprint density at radius 1 is 0.688 bits per heavy atom.